The first-order chi connectivity index (χ1) is 9.47. The molecule has 0 saturated heterocycles. The molecule has 0 amide bonds. The van der Waals surface area contributed by atoms with Gasteiger partial charge in [0.2, 0.25) is 0 Å². The minimum atomic E-state index is -1.10. The number of rotatable bonds is 3. The van der Waals surface area contributed by atoms with Gasteiger partial charge in [-0.25, -0.2) is 9.89 Å². The summed E-state index contributed by atoms with van der Waals surface area (Å²) in [5.41, 5.74) is 3.52. The van der Waals surface area contributed by atoms with Crippen molar-refractivity contribution in [3.63, 3.8) is 0 Å². The minimum Gasteiger partial charge on any atom is -0.478 e. The standard InChI is InChI=1S/C15H14N2O3/c1-9-3-5-12(10(2)7-9)13-8-11(4-6-14(18)19)15(20)17-16-13/h3-8H,1-2H3,(H,17,20)(H,18,19)/b6-4+. The normalized spacial score (nSPS) is 10.9. The van der Waals surface area contributed by atoms with Crippen molar-refractivity contribution in [2.75, 3.05) is 0 Å². The highest BCUT2D eigenvalue weighted by Crippen LogP contribution is 2.22. The molecule has 2 aromatic rings. The van der Waals surface area contributed by atoms with E-state index < -0.39 is 11.5 Å². The average Bonchev–Trinajstić information content (AvgIpc) is 2.38. The van der Waals surface area contributed by atoms with Crippen molar-refractivity contribution in [1.82, 2.24) is 10.2 Å². The molecule has 5 heteroatoms. The average molecular weight is 270 g/mol. The van der Waals surface area contributed by atoms with E-state index in [1.54, 1.807) is 6.07 Å². The summed E-state index contributed by atoms with van der Waals surface area (Å²) in [6.07, 6.45) is 2.19. The third-order valence-corrected chi connectivity index (χ3v) is 2.90. The Morgan fingerprint density at radius 2 is 2.05 bits per heavy atom. The van der Waals surface area contributed by atoms with Crippen LogP contribution in [-0.2, 0) is 4.79 Å². The third kappa shape index (κ3) is 3.00. The molecular weight excluding hydrogens is 256 g/mol. The first kappa shape index (κ1) is 13.7. The molecule has 1 aromatic heterocycles. The van der Waals surface area contributed by atoms with Gasteiger partial charge in [0.1, 0.15) is 0 Å². The van der Waals surface area contributed by atoms with Crippen LogP contribution < -0.4 is 5.56 Å². The zero-order valence-corrected chi connectivity index (χ0v) is 11.2. The van der Waals surface area contributed by atoms with Gasteiger partial charge in [0.15, 0.2) is 0 Å². The van der Waals surface area contributed by atoms with Crippen LogP contribution in [0.3, 0.4) is 0 Å². The van der Waals surface area contributed by atoms with Crippen molar-refractivity contribution in [2.24, 2.45) is 0 Å². The number of nitrogens with zero attached hydrogens (tertiary/aromatic N) is 1. The van der Waals surface area contributed by atoms with E-state index in [0.29, 0.717) is 5.69 Å². The summed E-state index contributed by atoms with van der Waals surface area (Å²) >= 11 is 0. The lowest BCUT2D eigenvalue weighted by Crippen LogP contribution is -2.12. The second-order valence-electron chi connectivity index (χ2n) is 4.53. The fourth-order valence-corrected chi connectivity index (χ4v) is 1.94. The number of aromatic amines is 1. The van der Waals surface area contributed by atoms with Gasteiger partial charge in [0.25, 0.3) is 5.56 Å². The van der Waals surface area contributed by atoms with Crippen molar-refractivity contribution >= 4 is 12.0 Å². The van der Waals surface area contributed by atoms with Gasteiger partial charge in [-0.05, 0) is 31.6 Å². The Hall–Kier alpha value is -2.69. The lowest BCUT2D eigenvalue weighted by molar-refractivity contribution is -0.131. The molecule has 5 nitrogen and oxygen atoms in total. The predicted molar refractivity (Wildman–Crippen MR) is 76.4 cm³/mol. The maximum Gasteiger partial charge on any atom is 0.328 e. The van der Waals surface area contributed by atoms with Crippen LogP contribution in [-0.4, -0.2) is 21.3 Å². The number of aryl methyl sites for hydroxylation is 2. The van der Waals surface area contributed by atoms with Crippen molar-refractivity contribution < 1.29 is 9.90 Å². The maximum atomic E-state index is 11.6. The van der Waals surface area contributed by atoms with Gasteiger partial charge in [-0.1, -0.05) is 23.8 Å². The Balaban J connectivity index is 2.51. The lowest BCUT2D eigenvalue weighted by Gasteiger charge is -2.06. The number of carboxylic acid groups (broad SMARTS) is 1. The molecule has 2 N–H and O–H groups in total. The lowest BCUT2D eigenvalue weighted by atomic mass is 10.0. The molecule has 2 rings (SSSR count). The van der Waals surface area contributed by atoms with Crippen LogP contribution in [0.2, 0.25) is 0 Å². The summed E-state index contributed by atoms with van der Waals surface area (Å²) in [5, 5.41) is 15.0. The van der Waals surface area contributed by atoms with Gasteiger partial charge in [-0.2, -0.15) is 5.10 Å². The molecule has 102 valence electrons. The molecule has 0 unspecified atom stereocenters. The van der Waals surface area contributed by atoms with E-state index >= 15 is 0 Å². The van der Waals surface area contributed by atoms with E-state index in [-0.39, 0.29) is 5.56 Å². The molecule has 1 heterocycles. The highest BCUT2D eigenvalue weighted by atomic mass is 16.4. The fourth-order valence-electron chi connectivity index (χ4n) is 1.94. The monoisotopic (exact) mass is 270 g/mol. The van der Waals surface area contributed by atoms with E-state index in [4.69, 9.17) is 5.11 Å². The highest BCUT2D eigenvalue weighted by Gasteiger charge is 2.06. The molecule has 0 fully saturated rings. The Morgan fingerprint density at radius 3 is 2.70 bits per heavy atom. The molecule has 0 aliphatic carbocycles. The fraction of sp³-hybridized carbons (Fsp3) is 0.133. The number of aromatic nitrogens is 2. The predicted octanol–water partition coefficient (Wildman–Crippen LogP) is 2.15. The van der Waals surface area contributed by atoms with Crippen LogP contribution in [0.15, 0.2) is 35.1 Å². The van der Waals surface area contributed by atoms with E-state index in [2.05, 4.69) is 10.2 Å². The smallest absolute Gasteiger partial charge is 0.328 e. The molecule has 0 spiro atoms. The number of hydrogen-bond acceptors (Lipinski definition) is 3. The summed E-state index contributed by atoms with van der Waals surface area (Å²) < 4.78 is 0. The summed E-state index contributed by atoms with van der Waals surface area (Å²) in [6.45, 7) is 3.96. The molecule has 0 atom stereocenters. The number of nitrogens with one attached hydrogen (secondary N) is 1. The van der Waals surface area contributed by atoms with Gasteiger partial charge in [0.05, 0.1) is 5.69 Å². The zero-order valence-electron chi connectivity index (χ0n) is 11.2. The Labute approximate surface area is 115 Å². The van der Waals surface area contributed by atoms with Crippen LogP contribution in [0.25, 0.3) is 17.3 Å². The maximum absolute atomic E-state index is 11.6. The second-order valence-corrected chi connectivity index (χ2v) is 4.53. The summed E-state index contributed by atoms with van der Waals surface area (Å²) in [4.78, 5) is 22.1. The summed E-state index contributed by atoms with van der Waals surface area (Å²) in [5.74, 6) is -1.10. The SMILES string of the molecule is Cc1ccc(-c2cc(/C=C/C(=O)O)c(=O)[nH]n2)c(C)c1. The third-order valence-electron chi connectivity index (χ3n) is 2.90. The van der Waals surface area contributed by atoms with E-state index in [0.717, 1.165) is 22.8 Å². The summed E-state index contributed by atoms with van der Waals surface area (Å²) in [7, 11) is 0. The second kappa shape index (κ2) is 5.52. The molecule has 0 radical (unpaired) electrons. The van der Waals surface area contributed by atoms with Crippen molar-refractivity contribution in [3.8, 4) is 11.3 Å². The molecule has 0 bridgehead atoms. The zero-order chi connectivity index (χ0) is 14.7. The molecule has 1 aromatic carbocycles. The first-order valence-corrected chi connectivity index (χ1v) is 6.06. The molecule has 0 aliphatic rings. The van der Waals surface area contributed by atoms with Gasteiger partial charge < -0.3 is 5.11 Å². The van der Waals surface area contributed by atoms with Crippen LogP contribution in [0.4, 0.5) is 0 Å². The molecule has 20 heavy (non-hydrogen) atoms. The Bertz CT molecular complexity index is 745. The van der Waals surface area contributed by atoms with Gasteiger partial charge in [-0.3, -0.25) is 4.79 Å². The number of benzene rings is 1. The Morgan fingerprint density at radius 1 is 1.30 bits per heavy atom. The number of carbonyl (C=O) groups is 1. The summed E-state index contributed by atoms with van der Waals surface area (Å²) in [6, 6.07) is 7.49. The van der Waals surface area contributed by atoms with Crippen LogP contribution in [0, 0.1) is 13.8 Å². The highest BCUT2D eigenvalue weighted by molar-refractivity contribution is 5.85. The topological polar surface area (TPSA) is 83.0 Å². The van der Waals surface area contributed by atoms with Crippen LogP contribution >= 0.6 is 0 Å². The van der Waals surface area contributed by atoms with Gasteiger partial charge in [-0.15, -0.1) is 0 Å². The van der Waals surface area contributed by atoms with E-state index in [1.807, 2.05) is 32.0 Å². The number of carboxylic acids is 1. The van der Waals surface area contributed by atoms with Crippen molar-refractivity contribution in [1.29, 1.82) is 0 Å². The molecular formula is C15H14N2O3. The van der Waals surface area contributed by atoms with Gasteiger partial charge in [0, 0.05) is 17.2 Å². The van der Waals surface area contributed by atoms with Crippen molar-refractivity contribution in [3.05, 3.63) is 57.4 Å². The molecule has 0 saturated carbocycles. The quantitative estimate of drug-likeness (QED) is 0.837. The largest absolute Gasteiger partial charge is 0.478 e. The van der Waals surface area contributed by atoms with E-state index in [9.17, 15) is 9.59 Å². The van der Waals surface area contributed by atoms with Gasteiger partial charge >= 0.3 is 5.97 Å². The number of H-pyrrole nitrogens is 1. The van der Waals surface area contributed by atoms with Crippen LogP contribution in [0.5, 0.6) is 0 Å². The number of aliphatic carboxylic acids is 1. The Kier molecular flexibility index (Phi) is 3.79. The number of hydrogen-bond donors (Lipinski definition) is 2. The van der Waals surface area contributed by atoms with Crippen LogP contribution in [0.1, 0.15) is 16.7 Å². The molecule has 0 aliphatic heterocycles. The first-order valence-electron chi connectivity index (χ1n) is 6.06. The minimum absolute atomic E-state index is 0.261. The van der Waals surface area contributed by atoms with Crippen molar-refractivity contribution in [2.45, 2.75) is 13.8 Å². The van der Waals surface area contributed by atoms with E-state index in [1.165, 1.54) is 6.08 Å².